The Balaban J connectivity index is 1.78. The van der Waals surface area contributed by atoms with Crippen molar-refractivity contribution >= 4 is 34.4 Å². The van der Waals surface area contributed by atoms with Crippen molar-refractivity contribution in [2.45, 2.75) is 31.8 Å². The van der Waals surface area contributed by atoms with Crippen LogP contribution in [0.4, 0.5) is 11.8 Å². The van der Waals surface area contributed by atoms with Crippen LogP contribution >= 0.6 is 11.6 Å². The second-order valence-electron chi connectivity index (χ2n) is 6.92. The first-order chi connectivity index (χ1) is 12.6. The summed E-state index contributed by atoms with van der Waals surface area (Å²) in [5, 5.41) is 1.36. The molecule has 0 amide bonds. The molecule has 1 atom stereocenters. The average Bonchev–Trinajstić information content (AvgIpc) is 2.67. The summed E-state index contributed by atoms with van der Waals surface area (Å²) in [6.45, 7) is 5.90. The fraction of sp³-hybridized carbons (Fsp3) is 0.611. The normalized spacial score (nSPS) is 22.0. The van der Waals surface area contributed by atoms with E-state index >= 15 is 0 Å². The van der Waals surface area contributed by atoms with Crippen molar-refractivity contribution in [1.29, 1.82) is 0 Å². The van der Waals surface area contributed by atoms with E-state index in [1.165, 1.54) is 0 Å². The number of aromatic nitrogens is 3. The minimum absolute atomic E-state index is 0.249. The second-order valence-corrected chi connectivity index (χ2v) is 7.31. The van der Waals surface area contributed by atoms with Gasteiger partial charge in [-0.15, -0.1) is 0 Å². The number of anilines is 2. The Morgan fingerprint density at radius 2 is 1.92 bits per heavy atom. The highest BCUT2D eigenvalue weighted by atomic mass is 35.5. The Morgan fingerprint density at radius 1 is 1.12 bits per heavy atom. The highest BCUT2D eigenvalue weighted by Gasteiger charge is 2.26. The van der Waals surface area contributed by atoms with E-state index in [4.69, 9.17) is 31.0 Å². The molecule has 0 unspecified atom stereocenters. The number of fused-ring (bicyclic) bond motifs is 1. The molecule has 0 aliphatic carbocycles. The van der Waals surface area contributed by atoms with E-state index in [2.05, 4.69) is 21.7 Å². The summed E-state index contributed by atoms with van der Waals surface area (Å²) in [6.07, 6.45) is 1.95. The van der Waals surface area contributed by atoms with Gasteiger partial charge in [-0.3, -0.25) is 0 Å². The van der Waals surface area contributed by atoms with Crippen LogP contribution in [0.25, 0.3) is 11.0 Å². The monoisotopic (exact) mass is 377 g/mol. The largest absolute Gasteiger partial charge is 0.381 e. The van der Waals surface area contributed by atoms with Crippen LogP contribution in [0.2, 0.25) is 5.15 Å². The minimum atomic E-state index is 0.249. The maximum atomic E-state index is 6.13. The second kappa shape index (κ2) is 7.50. The maximum absolute atomic E-state index is 6.13. The van der Waals surface area contributed by atoms with Crippen LogP contribution in [-0.2, 0) is 9.47 Å². The summed E-state index contributed by atoms with van der Waals surface area (Å²) >= 11 is 6.13. The molecule has 0 radical (unpaired) electrons. The molecule has 0 spiro atoms. The summed E-state index contributed by atoms with van der Waals surface area (Å²) < 4.78 is 11.1. The third kappa shape index (κ3) is 3.43. The fourth-order valence-electron chi connectivity index (χ4n) is 3.61. The van der Waals surface area contributed by atoms with E-state index < -0.39 is 0 Å². The molecule has 2 fully saturated rings. The van der Waals surface area contributed by atoms with Crippen LogP contribution in [0.5, 0.6) is 0 Å². The van der Waals surface area contributed by atoms with Gasteiger partial charge in [-0.25, -0.2) is 4.98 Å². The van der Waals surface area contributed by atoms with Gasteiger partial charge < -0.3 is 19.3 Å². The van der Waals surface area contributed by atoms with Gasteiger partial charge in [-0.2, -0.15) is 9.97 Å². The van der Waals surface area contributed by atoms with Crippen molar-refractivity contribution in [2.24, 2.45) is 0 Å². The highest BCUT2D eigenvalue weighted by molar-refractivity contribution is 6.29. The molecule has 2 aliphatic rings. The smallest absolute Gasteiger partial charge is 0.229 e. The first kappa shape index (κ1) is 17.7. The number of ether oxygens (including phenoxy) is 2. The summed E-state index contributed by atoms with van der Waals surface area (Å²) in [4.78, 5) is 18.5. The Bertz CT molecular complexity index is 784. The molecule has 2 aromatic heterocycles. The van der Waals surface area contributed by atoms with Crippen LogP contribution in [0, 0.1) is 0 Å². The molecular formula is C18H24ClN5O2. The van der Waals surface area contributed by atoms with Gasteiger partial charge in [-0.1, -0.05) is 11.6 Å². The molecule has 4 heterocycles. The molecule has 8 heteroatoms. The lowest BCUT2D eigenvalue weighted by Gasteiger charge is -2.36. The molecule has 2 saturated heterocycles. The third-order valence-corrected chi connectivity index (χ3v) is 5.40. The van der Waals surface area contributed by atoms with Crippen molar-refractivity contribution in [2.75, 3.05) is 49.8 Å². The number of halogens is 1. The first-order valence-electron chi connectivity index (χ1n) is 9.13. The van der Waals surface area contributed by atoms with Gasteiger partial charge in [0.05, 0.1) is 24.6 Å². The molecule has 0 bridgehead atoms. The van der Waals surface area contributed by atoms with Crippen molar-refractivity contribution in [3.05, 3.63) is 17.3 Å². The lowest BCUT2D eigenvalue weighted by molar-refractivity contribution is 0.0852. The number of morpholine rings is 1. The van der Waals surface area contributed by atoms with E-state index in [1.54, 1.807) is 6.07 Å². The Hall–Kier alpha value is -1.70. The molecule has 140 valence electrons. The Kier molecular flexibility index (Phi) is 5.11. The van der Waals surface area contributed by atoms with Crippen LogP contribution in [-0.4, -0.2) is 67.1 Å². The van der Waals surface area contributed by atoms with Crippen molar-refractivity contribution < 1.29 is 9.47 Å². The molecule has 0 aromatic carbocycles. The molecule has 0 saturated carbocycles. The molecular weight excluding hydrogens is 354 g/mol. The zero-order valence-corrected chi connectivity index (χ0v) is 15.9. The topological polar surface area (TPSA) is 63.6 Å². The molecule has 2 aliphatic heterocycles. The lowest BCUT2D eigenvalue weighted by Crippen LogP contribution is -2.44. The van der Waals surface area contributed by atoms with E-state index in [0.717, 1.165) is 43.8 Å². The zero-order valence-electron chi connectivity index (χ0n) is 15.2. The van der Waals surface area contributed by atoms with Gasteiger partial charge in [0, 0.05) is 32.8 Å². The summed E-state index contributed by atoms with van der Waals surface area (Å²) in [6, 6.07) is 4.37. The van der Waals surface area contributed by atoms with Crippen molar-refractivity contribution in [1.82, 2.24) is 15.0 Å². The van der Waals surface area contributed by atoms with Crippen LogP contribution in [0.3, 0.4) is 0 Å². The van der Waals surface area contributed by atoms with E-state index in [1.807, 2.05) is 13.1 Å². The minimum Gasteiger partial charge on any atom is -0.381 e. The number of hydrogen-bond donors (Lipinski definition) is 0. The lowest BCUT2D eigenvalue weighted by atomic mass is 10.1. The first-order valence-corrected chi connectivity index (χ1v) is 9.50. The molecule has 0 N–H and O–H groups in total. The predicted octanol–water partition coefficient (Wildman–Crippen LogP) is 2.52. The number of nitrogens with zero attached hydrogens (tertiary/aromatic N) is 5. The van der Waals surface area contributed by atoms with E-state index in [9.17, 15) is 0 Å². The Labute approximate surface area is 158 Å². The highest BCUT2D eigenvalue weighted by Crippen LogP contribution is 2.30. The van der Waals surface area contributed by atoms with Crippen LogP contribution in [0.15, 0.2) is 12.1 Å². The summed E-state index contributed by atoms with van der Waals surface area (Å²) in [7, 11) is 2.05. The standard InChI is InChI=1S/C18H24ClN5O2/c1-12-11-26-10-7-24(12)17-14-3-4-15(19)20-16(14)21-18(22-17)23(2)13-5-8-25-9-6-13/h3-4,12-13H,5-11H2,1-2H3/t12-/m0/s1. The van der Waals surface area contributed by atoms with Gasteiger partial charge in [0.25, 0.3) is 0 Å². The SMILES string of the molecule is C[C@H]1COCCN1c1nc(N(C)C2CCOCC2)nc2nc(Cl)ccc12. The Morgan fingerprint density at radius 3 is 2.69 bits per heavy atom. The van der Waals surface area contributed by atoms with Crippen LogP contribution in [0.1, 0.15) is 19.8 Å². The number of pyridine rings is 1. The molecule has 4 rings (SSSR count). The van der Waals surface area contributed by atoms with Crippen LogP contribution < -0.4 is 9.80 Å². The number of rotatable bonds is 3. The quantitative estimate of drug-likeness (QED) is 0.761. The molecule has 26 heavy (non-hydrogen) atoms. The van der Waals surface area contributed by atoms with Gasteiger partial charge in [0.1, 0.15) is 11.0 Å². The zero-order chi connectivity index (χ0) is 18.1. The molecule has 2 aromatic rings. The van der Waals surface area contributed by atoms with Gasteiger partial charge >= 0.3 is 0 Å². The van der Waals surface area contributed by atoms with E-state index in [-0.39, 0.29) is 6.04 Å². The fourth-order valence-corrected chi connectivity index (χ4v) is 3.76. The average molecular weight is 378 g/mol. The summed E-state index contributed by atoms with van der Waals surface area (Å²) in [5.74, 6) is 1.59. The predicted molar refractivity (Wildman–Crippen MR) is 102 cm³/mol. The molecule has 7 nitrogen and oxygen atoms in total. The van der Waals surface area contributed by atoms with Crippen molar-refractivity contribution in [3.63, 3.8) is 0 Å². The third-order valence-electron chi connectivity index (χ3n) is 5.19. The van der Waals surface area contributed by atoms with Crippen molar-refractivity contribution in [3.8, 4) is 0 Å². The summed E-state index contributed by atoms with van der Waals surface area (Å²) in [5.41, 5.74) is 0.634. The maximum Gasteiger partial charge on any atom is 0.229 e. The van der Waals surface area contributed by atoms with Gasteiger partial charge in [-0.05, 0) is 31.9 Å². The van der Waals surface area contributed by atoms with Gasteiger partial charge in [0.15, 0.2) is 5.65 Å². The number of hydrogen-bond acceptors (Lipinski definition) is 7. The van der Waals surface area contributed by atoms with E-state index in [0.29, 0.717) is 36.0 Å². The van der Waals surface area contributed by atoms with Gasteiger partial charge in [0.2, 0.25) is 5.95 Å².